The minimum atomic E-state index is -3.44. The highest BCUT2D eigenvalue weighted by Gasteiger charge is 2.12. The van der Waals surface area contributed by atoms with Gasteiger partial charge in [0.1, 0.15) is 0 Å². The van der Waals surface area contributed by atoms with E-state index < -0.39 is 10.0 Å². The Labute approximate surface area is 103 Å². The van der Waals surface area contributed by atoms with Crippen LogP contribution in [0.3, 0.4) is 0 Å². The monoisotopic (exact) mass is 302 g/mol. The van der Waals surface area contributed by atoms with Crippen LogP contribution in [-0.2, 0) is 10.0 Å². The van der Waals surface area contributed by atoms with Gasteiger partial charge in [-0.1, -0.05) is 15.9 Å². The van der Waals surface area contributed by atoms with Crippen LogP contribution in [0.1, 0.15) is 12.0 Å². The Morgan fingerprint density at radius 3 is 2.44 bits per heavy atom. The van der Waals surface area contributed by atoms with Gasteiger partial charge < -0.3 is 0 Å². The van der Waals surface area contributed by atoms with Crippen molar-refractivity contribution in [3.8, 4) is 6.07 Å². The third-order valence-electron chi connectivity index (χ3n) is 1.90. The van der Waals surface area contributed by atoms with Crippen molar-refractivity contribution in [1.29, 1.82) is 5.26 Å². The number of rotatable bonds is 5. The minimum absolute atomic E-state index is 0.182. The maximum absolute atomic E-state index is 11.7. The first-order valence-electron chi connectivity index (χ1n) is 4.66. The van der Waals surface area contributed by atoms with Gasteiger partial charge in [-0.05, 0) is 30.7 Å². The van der Waals surface area contributed by atoms with Crippen LogP contribution in [0.2, 0.25) is 0 Å². The number of benzene rings is 1. The van der Waals surface area contributed by atoms with E-state index >= 15 is 0 Å². The average molecular weight is 303 g/mol. The van der Waals surface area contributed by atoms with E-state index in [1.165, 1.54) is 24.3 Å². The van der Waals surface area contributed by atoms with Gasteiger partial charge in [-0.3, -0.25) is 0 Å². The van der Waals surface area contributed by atoms with Gasteiger partial charge in [0.05, 0.1) is 16.5 Å². The van der Waals surface area contributed by atoms with E-state index in [1.54, 1.807) is 0 Å². The molecular formula is C10H11BrN2O2S. The van der Waals surface area contributed by atoms with E-state index in [9.17, 15) is 8.42 Å². The average Bonchev–Trinajstić information content (AvgIpc) is 2.29. The van der Waals surface area contributed by atoms with Crippen LogP contribution < -0.4 is 4.72 Å². The molecule has 0 aliphatic carbocycles. The molecule has 0 saturated heterocycles. The van der Waals surface area contributed by atoms with E-state index in [-0.39, 0.29) is 4.90 Å². The van der Waals surface area contributed by atoms with Gasteiger partial charge in [-0.25, -0.2) is 13.1 Å². The molecule has 1 N–H and O–H groups in total. The molecule has 0 aromatic heterocycles. The zero-order valence-electron chi connectivity index (χ0n) is 8.48. The predicted molar refractivity (Wildman–Crippen MR) is 64.8 cm³/mol. The summed E-state index contributed by atoms with van der Waals surface area (Å²) in [5.74, 6) is 0. The molecule has 1 aromatic rings. The third-order valence-corrected chi connectivity index (χ3v) is 3.93. The standard InChI is InChI=1S/C10H11BrN2O2S/c11-6-1-7-13-16(14,15)10-4-2-9(8-12)3-5-10/h2-5,13H,1,6-7H2. The SMILES string of the molecule is N#Cc1ccc(S(=O)(=O)NCCCBr)cc1. The summed E-state index contributed by atoms with van der Waals surface area (Å²) in [7, 11) is -3.44. The molecule has 0 spiro atoms. The lowest BCUT2D eigenvalue weighted by atomic mass is 10.2. The molecule has 0 atom stereocenters. The first kappa shape index (κ1) is 13.2. The van der Waals surface area contributed by atoms with E-state index in [1.807, 2.05) is 6.07 Å². The summed E-state index contributed by atoms with van der Waals surface area (Å²) in [6, 6.07) is 7.76. The first-order chi connectivity index (χ1) is 7.60. The van der Waals surface area contributed by atoms with Crippen molar-refractivity contribution in [2.24, 2.45) is 0 Å². The van der Waals surface area contributed by atoms with Crippen LogP contribution in [0.25, 0.3) is 0 Å². The molecule has 0 aliphatic rings. The van der Waals surface area contributed by atoms with Crippen molar-refractivity contribution in [3.63, 3.8) is 0 Å². The normalized spacial score (nSPS) is 11.0. The summed E-state index contributed by atoms with van der Waals surface area (Å²) in [5, 5.41) is 9.34. The van der Waals surface area contributed by atoms with Crippen molar-refractivity contribution in [1.82, 2.24) is 4.72 Å². The second-order valence-electron chi connectivity index (χ2n) is 3.08. The van der Waals surface area contributed by atoms with Gasteiger partial charge in [0.15, 0.2) is 0 Å². The lowest BCUT2D eigenvalue weighted by Crippen LogP contribution is -2.24. The van der Waals surface area contributed by atoms with Gasteiger partial charge in [0.25, 0.3) is 0 Å². The lowest BCUT2D eigenvalue weighted by Gasteiger charge is -2.05. The molecule has 0 fully saturated rings. The van der Waals surface area contributed by atoms with Gasteiger partial charge in [0, 0.05) is 11.9 Å². The molecule has 0 aliphatic heterocycles. The molecule has 0 saturated carbocycles. The number of sulfonamides is 1. The summed E-state index contributed by atoms with van der Waals surface area (Å²) in [5.41, 5.74) is 0.444. The summed E-state index contributed by atoms with van der Waals surface area (Å²) in [4.78, 5) is 0.182. The zero-order valence-corrected chi connectivity index (χ0v) is 10.9. The number of halogens is 1. The summed E-state index contributed by atoms with van der Waals surface area (Å²) in [6.07, 6.45) is 0.732. The Balaban J connectivity index is 2.79. The largest absolute Gasteiger partial charge is 0.240 e. The maximum atomic E-state index is 11.7. The van der Waals surface area contributed by atoms with Crippen LogP contribution in [0.5, 0.6) is 0 Å². The van der Waals surface area contributed by atoms with Crippen LogP contribution in [0.4, 0.5) is 0 Å². The molecule has 86 valence electrons. The Morgan fingerprint density at radius 2 is 1.94 bits per heavy atom. The van der Waals surface area contributed by atoms with Crippen LogP contribution in [0, 0.1) is 11.3 Å². The Hall–Kier alpha value is -0.900. The van der Waals surface area contributed by atoms with E-state index in [4.69, 9.17) is 5.26 Å². The molecule has 6 heteroatoms. The Kier molecular flexibility index (Phi) is 4.93. The topological polar surface area (TPSA) is 70.0 Å². The molecule has 0 bridgehead atoms. The van der Waals surface area contributed by atoms with Crippen molar-refractivity contribution in [2.75, 3.05) is 11.9 Å². The first-order valence-corrected chi connectivity index (χ1v) is 7.26. The second kappa shape index (κ2) is 5.99. The zero-order chi connectivity index (χ0) is 12.0. The molecule has 0 radical (unpaired) electrons. The van der Waals surface area contributed by atoms with Crippen molar-refractivity contribution in [2.45, 2.75) is 11.3 Å². The Bertz CT molecular complexity index is 477. The van der Waals surface area contributed by atoms with E-state index in [0.29, 0.717) is 12.1 Å². The quantitative estimate of drug-likeness (QED) is 0.664. The van der Waals surface area contributed by atoms with Gasteiger partial charge >= 0.3 is 0 Å². The maximum Gasteiger partial charge on any atom is 0.240 e. The molecule has 0 amide bonds. The van der Waals surface area contributed by atoms with Crippen LogP contribution >= 0.6 is 15.9 Å². The predicted octanol–water partition coefficient (Wildman–Crippen LogP) is 1.62. The highest BCUT2D eigenvalue weighted by Crippen LogP contribution is 2.09. The number of alkyl halides is 1. The van der Waals surface area contributed by atoms with Gasteiger partial charge in [-0.15, -0.1) is 0 Å². The van der Waals surface area contributed by atoms with Crippen molar-refractivity contribution >= 4 is 26.0 Å². The molecule has 1 rings (SSSR count). The lowest BCUT2D eigenvalue weighted by molar-refractivity contribution is 0.581. The number of hydrogen-bond donors (Lipinski definition) is 1. The summed E-state index contributed by atoms with van der Waals surface area (Å²) < 4.78 is 25.9. The number of hydrogen-bond acceptors (Lipinski definition) is 3. The highest BCUT2D eigenvalue weighted by atomic mass is 79.9. The van der Waals surface area contributed by atoms with E-state index in [0.717, 1.165) is 11.8 Å². The van der Waals surface area contributed by atoms with E-state index in [2.05, 4.69) is 20.7 Å². The number of nitrogens with one attached hydrogen (secondary N) is 1. The second-order valence-corrected chi connectivity index (χ2v) is 5.64. The van der Waals surface area contributed by atoms with Gasteiger partial charge in [-0.2, -0.15) is 5.26 Å². The molecule has 1 aromatic carbocycles. The smallest absolute Gasteiger partial charge is 0.211 e. The van der Waals surface area contributed by atoms with Crippen molar-refractivity contribution < 1.29 is 8.42 Å². The molecule has 4 nitrogen and oxygen atoms in total. The number of nitriles is 1. The summed E-state index contributed by atoms with van der Waals surface area (Å²) >= 11 is 3.22. The van der Waals surface area contributed by atoms with Crippen molar-refractivity contribution in [3.05, 3.63) is 29.8 Å². The Morgan fingerprint density at radius 1 is 1.31 bits per heavy atom. The fourth-order valence-corrected chi connectivity index (χ4v) is 2.42. The third kappa shape index (κ3) is 3.59. The molecule has 16 heavy (non-hydrogen) atoms. The highest BCUT2D eigenvalue weighted by molar-refractivity contribution is 9.09. The molecule has 0 unspecified atom stereocenters. The fraction of sp³-hybridized carbons (Fsp3) is 0.300. The van der Waals surface area contributed by atoms with Crippen LogP contribution in [0.15, 0.2) is 29.2 Å². The number of nitrogens with zero attached hydrogens (tertiary/aromatic N) is 1. The summed E-state index contributed by atoms with van der Waals surface area (Å²) in [6.45, 7) is 0.396. The fourth-order valence-electron chi connectivity index (χ4n) is 1.07. The molecule has 0 heterocycles. The van der Waals surface area contributed by atoms with Crippen LogP contribution in [-0.4, -0.2) is 20.3 Å². The molecular weight excluding hydrogens is 292 g/mol. The minimum Gasteiger partial charge on any atom is -0.211 e. The van der Waals surface area contributed by atoms with Gasteiger partial charge in [0.2, 0.25) is 10.0 Å².